The molecule has 5 nitrogen and oxygen atoms in total. The highest BCUT2D eigenvalue weighted by atomic mass is 35.6. The van der Waals surface area contributed by atoms with Crippen LogP contribution in [0.2, 0.25) is 0 Å². The number of carbonyl (C=O) groups excluding carboxylic acids is 2. The number of rotatable bonds is 7. The number of aldehydes is 1. The Balaban J connectivity index is 2.98. The molecule has 1 rings (SSSR count). The number of halogens is 3. The number of benzene rings is 1. The summed E-state index contributed by atoms with van der Waals surface area (Å²) in [6.45, 7) is 3.79. The highest BCUT2D eigenvalue weighted by Crippen LogP contribution is 2.35. The largest absolute Gasteiger partial charge is 0.493 e. The zero-order chi connectivity index (χ0) is 17.6. The predicted molar refractivity (Wildman–Crippen MR) is 90.7 cm³/mol. The Bertz CT molecular complexity index is 558. The molecule has 0 bridgehead atoms. The molecular weight excluding hydrogens is 365 g/mol. The van der Waals surface area contributed by atoms with Gasteiger partial charge in [-0.3, -0.25) is 9.59 Å². The third-order valence-corrected chi connectivity index (χ3v) is 3.35. The van der Waals surface area contributed by atoms with Crippen molar-refractivity contribution in [3.8, 4) is 11.5 Å². The Morgan fingerprint density at radius 2 is 1.96 bits per heavy atom. The van der Waals surface area contributed by atoms with E-state index in [-0.39, 0.29) is 29.7 Å². The van der Waals surface area contributed by atoms with Crippen LogP contribution in [0.15, 0.2) is 18.2 Å². The minimum absolute atomic E-state index is 0.146. The van der Waals surface area contributed by atoms with Gasteiger partial charge in [0.25, 0.3) is 0 Å². The highest BCUT2D eigenvalue weighted by Gasteiger charge is 2.36. The molecule has 1 aromatic carbocycles. The molecule has 0 spiro atoms. The predicted octanol–water partition coefficient (Wildman–Crippen LogP) is 3.75. The van der Waals surface area contributed by atoms with Crippen LogP contribution >= 0.6 is 34.8 Å². The summed E-state index contributed by atoms with van der Waals surface area (Å²) >= 11 is 17.6. The van der Waals surface area contributed by atoms with Crippen LogP contribution in [0, 0.1) is 5.92 Å². The van der Waals surface area contributed by atoms with Gasteiger partial charge in [0.15, 0.2) is 11.5 Å². The first-order chi connectivity index (χ1) is 10.7. The smallest absolute Gasteiger partial charge is 0.246 e. The standard InChI is InChI=1S/C15H18Cl3NO4/c1-9(2)6-13(21)19-14(15(16,17)18)23-11-5-4-10(8-20)7-12(11)22-3/h4-5,7-9,14H,6H2,1-3H3,(H,19,21)/t14-/m1/s1. The molecule has 1 N–H and O–H groups in total. The minimum Gasteiger partial charge on any atom is -0.493 e. The Hall–Kier alpha value is -1.17. The van der Waals surface area contributed by atoms with Gasteiger partial charge >= 0.3 is 0 Å². The van der Waals surface area contributed by atoms with Gasteiger partial charge in [-0.05, 0) is 24.1 Å². The van der Waals surface area contributed by atoms with Gasteiger partial charge in [-0.2, -0.15) is 0 Å². The molecule has 0 saturated carbocycles. The Labute approximate surface area is 150 Å². The summed E-state index contributed by atoms with van der Waals surface area (Å²) in [5.41, 5.74) is 0.406. The molecule has 0 unspecified atom stereocenters. The summed E-state index contributed by atoms with van der Waals surface area (Å²) in [5, 5.41) is 2.53. The van der Waals surface area contributed by atoms with Gasteiger partial charge in [-0.25, -0.2) is 0 Å². The van der Waals surface area contributed by atoms with Gasteiger partial charge in [0.1, 0.15) is 6.29 Å². The second-order valence-electron chi connectivity index (χ2n) is 5.23. The van der Waals surface area contributed by atoms with E-state index < -0.39 is 10.0 Å². The second-order valence-corrected chi connectivity index (χ2v) is 7.60. The number of hydrogen-bond donors (Lipinski definition) is 1. The molecule has 0 aromatic heterocycles. The van der Waals surface area contributed by atoms with E-state index in [1.165, 1.54) is 25.3 Å². The first-order valence-corrected chi connectivity index (χ1v) is 7.96. The lowest BCUT2D eigenvalue weighted by molar-refractivity contribution is -0.124. The third kappa shape index (κ3) is 6.45. The van der Waals surface area contributed by atoms with Gasteiger partial charge in [-0.15, -0.1) is 0 Å². The summed E-state index contributed by atoms with van der Waals surface area (Å²) in [7, 11) is 1.42. The monoisotopic (exact) mass is 381 g/mol. The molecule has 0 fully saturated rings. The molecule has 0 radical (unpaired) electrons. The average molecular weight is 383 g/mol. The minimum atomic E-state index is -1.89. The molecule has 0 aliphatic rings. The summed E-state index contributed by atoms with van der Waals surface area (Å²) in [4.78, 5) is 22.7. The quantitative estimate of drug-likeness (QED) is 0.443. The molecule has 23 heavy (non-hydrogen) atoms. The van der Waals surface area contributed by atoms with E-state index in [1.54, 1.807) is 0 Å². The molecule has 1 atom stereocenters. The lowest BCUT2D eigenvalue weighted by Gasteiger charge is -2.27. The van der Waals surface area contributed by atoms with Crippen molar-refractivity contribution in [3.63, 3.8) is 0 Å². The van der Waals surface area contributed by atoms with Gasteiger partial charge in [0.05, 0.1) is 7.11 Å². The molecule has 1 amide bonds. The Morgan fingerprint density at radius 1 is 1.30 bits per heavy atom. The maximum atomic E-state index is 11.9. The van der Waals surface area contributed by atoms with Gasteiger partial charge < -0.3 is 14.8 Å². The number of carbonyl (C=O) groups is 2. The number of alkyl halides is 3. The zero-order valence-corrected chi connectivity index (χ0v) is 15.2. The van der Waals surface area contributed by atoms with Crippen molar-refractivity contribution in [1.29, 1.82) is 0 Å². The molecule has 8 heteroatoms. The molecule has 0 saturated heterocycles. The topological polar surface area (TPSA) is 64.6 Å². The number of methoxy groups -OCH3 is 1. The lowest BCUT2D eigenvalue weighted by Crippen LogP contribution is -2.48. The molecule has 0 heterocycles. The van der Waals surface area contributed by atoms with Crippen LogP contribution in [0.1, 0.15) is 30.6 Å². The third-order valence-electron chi connectivity index (χ3n) is 2.75. The van der Waals surface area contributed by atoms with E-state index in [4.69, 9.17) is 44.3 Å². The van der Waals surface area contributed by atoms with E-state index in [9.17, 15) is 9.59 Å². The first kappa shape index (κ1) is 19.9. The van der Waals surface area contributed by atoms with Crippen molar-refractivity contribution in [2.24, 2.45) is 5.92 Å². The van der Waals surface area contributed by atoms with Crippen LogP contribution in [-0.4, -0.2) is 29.3 Å². The number of amides is 1. The van der Waals surface area contributed by atoms with Crippen molar-refractivity contribution in [1.82, 2.24) is 5.32 Å². The van der Waals surface area contributed by atoms with Gasteiger partial charge in [0, 0.05) is 12.0 Å². The molecule has 0 aliphatic carbocycles. The first-order valence-electron chi connectivity index (χ1n) is 6.83. The summed E-state index contributed by atoms with van der Waals surface area (Å²) in [6.07, 6.45) is -0.278. The van der Waals surface area contributed by atoms with E-state index in [1.807, 2.05) is 13.8 Å². The summed E-state index contributed by atoms with van der Waals surface area (Å²) in [6, 6.07) is 4.50. The molecule has 0 aliphatic heterocycles. The second kappa shape index (κ2) is 8.62. The van der Waals surface area contributed by atoms with Gasteiger partial charge in [0.2, 0.25) is 15.9 Å². The molecular formula is C15H18Cl3NO4. The van der Waals surface area contributed by atoms with Crippen LogP contribution in [0.3, 0.4) is 0 Å². The van der Waals surface area contributed by atoms with E-state index in [2.05, 4.69) is 5.32 Å². The van der Waals surface area contributed by atoms with Crippen molar-refractivity contribution < 1.29 is 19.1 Å². The van der Waals surface area contributed by atoms with E-state index in [0.29, 0.717) is 11.8 Å². The Kier molecular flexibility index (Phi) is 7.45. The number of nitrogens with one attached hydrogen (secondary N) is 1. The van der Waals surface area contributed by atoms with Crippen molar-refractivity contribution in [3.05, 3.63) is 23.8 Å². The van der Waals surface area contributed by atoms with E-state index in [0.717, 1.165) is 0 Å². The fourth-order valence-corrected chi connectivity index (χ4v) is 2.03. The van der Waals surface area contributed by atoms with Crippen molar-refractivity contribution in [2.75, 3.05) is 7.11 Å². The summed E-state index contributed by atoms with van der Waals surface area (Å²) < 4.78 is 8.84. The van der Waals surface area contributed by atoms with Crippen molar-refractivity contribution in [2.45, 2.75) is 30.3 Å². The van der Waals surface area contributed by atoms with Crippen molar-refractivity contribution >= 4 is 47.0 Å². The van der Waals surface area contributed by atoms with Crippen LogP contribution in [0.5, 0.6) is 11.5 Å². The number of ether oxygens (including phenoxy) is 2. The van der Waals surface area contributed by atoms with Crippen LogP contribution < -0.4 is 14.8 Å². The maximum Gasteiger partial charge on any atom is 0.246 e. The maximum absolute atomic E-state index is 11.9. The fraction of sp³-hybridized carbons (Fsp3) is 0.467. The fourth-order valence-electron chi connectivity index (χ4n) is 1.74. The van der Waals surface area contributed by atoms with Crippen LogP contribution in [0.25, 0.3) is 0 Å². The highest BCUT2D eigenvalue weighted by molar-refractivity contribution is 6.68. The molecule has 128 valence electrons. The lowest BCUT2D eigenvalue weighted by atomic mass is 10.1. The Morgan fingerprint density at radius 3 is 2.43 bits per heavy atom. The molecule has 1 aromatic rings. The normalized spacial score (nSPS) is 12.7. The van der Waals surface area contributed by atoms with E-state index >= 15 is 0 Å². The van der Waals surface area contributed by atoms with Crippen LogP contribution in [0.4, 0.5) is 0 Å². The van der Waals surface area contributed by atoms with Crippen LogP contribution in [-0.2, 0) is 4.79 Å². The number of hydrogen-bond acceptors (Lipinski definition) is 4. The summed E-state index contributed by atoms with van der Waals surface area (Å²) in [5.74, 6) is 0.360. The van der Waals surface area contributed by atoms with Gasteiger partial charge in [-0.1, -0.05) is 48.7 Å². The zero-order valence-electron chi connectivity index (χ0n) is 12.9. The average Bonchev–Trinajstić information content (AvgIpc) is 2.45. The SMILES string of the molecule is COc1cc(C=O)ccc1O[C@@H](NC(=O)CC(C)C)C(Cl)(Cl)Cl.